The van der Waals surface area contributed by atoms with Crippen molar-refractivity contribution in [1.82, 2.24) is 0 Å². The first kappa shape index (κ1) is 45.1. The molecule has 5 heteroatoms. The molecule has 0 bridgehead atoms. The van der Waals surface area contributed by atoms with Gasteiger partial charge in [0, 0.05) is 0 Å². The fourth-order valence-corrected chi connectivity index (χ4v) is 4.92. The van der Waals surface area contributed by atoms with E-state index in [-0.39, 0.29) is 37.7 Å². The zero-order valence-corrected chi connectivity index (χ0v) is 29.7. The summed E-state index contributed by atoms with van der Waals surface area (Å²) in [5.41, 5.74) is 0. The quantitative estimate of drug-likeness (QED) is 0.0466. The normalized spacial score (nSPS) is 11.0. The van der Waals surface area contributed by atoms with Crippen molar-refractivity contribution in [3.8, 4) is 0 Å². The molecule has 0 aliphatic carbocycles. The topological polar surface area (TPSA) is 80.3 Å². The molecule has 0 fully saturated rings. The summed E-state index contributed by atoms with van der Waals surface area (Å²) in [5.74, 6) is -2.17. The van der Waals surface area contributed by atoms with Crippen LogP contribution in [0.25, 0.3) is 0 Å². The SMILES string of the molecule is CCCCCCCCCCCCCCCC=CC(=O)[O-].CCCCCCCCCCCCCCCC=CC(=O)[O-].[Ca+2]. The number of unbranched alkanes of at least 4 members (excludes halogenated alkanes) is 26. The van der Waals surface area contributed by atoms with Crippen LogP contribution in [0.4, 0.5) is 0 Å². The van der Waals surface area contributed by atoms with Gasteiger partial charge in [-0.15, -0.1) is 0 Å². The number of allylic oxidation sites excluding steroid dienone is 2. The van der Waals surface area contributed by atoms with E-state index in [0.717, 1.165) is 37.8 Å². The van der Waals surface area contributed by atoms with Crippen molar-refractivity contribution in [3.05, 3.63) is 24.3 Å². The maximum Gasteiger partial charge on any atom is 2.00 e. The van der Waals surface area contributed by atoms with Gasteiger partial charge in [-0.05, 0) is 37.8 Å². The van der Waals surface area contributed by atoms with Crippen LogP contribution >= 0.6 is 0 Å². The maximum absolute atomic E-state index is 10.1. The fourth-order valence-electron chi connectivity index (χ4n) is 4.92. The number of carboxylic acid groups (broad SMARTS) is 2. The van der Waals surface area contributed by atoms with E-state index < -0.39 is 11.9 Å². The molecule has 4 nitrogen and oxygen atoms in total. The van der Waals surface area contributed by atoms with E-state index in [1.54, 1.807) is 12.2 Å². The fraction of sp³-hybridized carbons (Fsp3) is 0.833. The predicted octanol–water partition coefficient (Wildman–Crippen LogP) is 9.17. The molecule has 236 valence electrons. The summed E-state index contributed by atoms with van der Waals surface area (Å²) in [6, 6.07) is 0. The molecule has 0 atom stereocenters. The van der Waals surface area contributed by atoms with Gasteiger partial charge in [-0.2, -0.15) is 0 Å². The van der Waals surface area contributed by atoms with Gasteiger partial charge in [0.2, 0.25) is 0 Å². The summed E-state index contributed by atoms with van der Waals surface area (Å²) in [4.78, 5) is 20.3. The average molecular weight is 603 g/mol. The number of hydrogen-bond acceptors (Lipinski definition) is 4. The Bertz CT molecular complexity index is 524. The van der Waals surface area contributed by atoms with Crippen molar-refractivity contribution in [1.29, 1.82) is 0 Å². The molecule has 0 aromatic rings. The standard InChI is InChI=1S/2C18H34O2.Ca/c2*1-2-3-4-5-6-7-8-9-10-11-12-13-14-15-16-17-18(19)20;/h2*16-17H,2-15H2,1H3,(H,19,20);/q;;+2/p-2. The third-order valence-corrected chi connectivity index (χ3v) is 7.46. The zero-order chi connectivity index (χ0) is 29.8. The summed E-state index contributed by atoms with van der Waals surface area (Å²) in [6.45, 7) is 4.53. The molecule has 0 saturated heterocycles. The molecule has 0 aromatic carbocycles. The van der Waals surface area contributed by atoms with Crippen molar-refractivity contribution in [2.75, 3.05) is 0 Å². The van der Waals surface area contributed by atoms with E-state index in [2.05, 4.69) is 13.8 Å². The summed E-state index contributed by atoms with van der Waals surface area (Å²) >= 11 is 0. The molecule has 0 heterocycles. The number of rotatable bonds is 30. The van der Waals surface area contributed by atoms with Crippen LogP contribution < -0.4 is 10.2 Å². The monoisotopic (exact) mass is 602 g/mol. The second kappa shape index (κ2) is 41.8. The van der Waals surface area contributed by atoms with Gasteiger partial charge in [-0.3, -0.25) is 0 Å². The van der Waals surface area contributed by atoms with E-state index in [9.17, 15) is 19.8 Å². The molecule has 0 amide bonds. The molecule has 0 aliphatic rings. The van der Waals surface area contributed by atoms with E-state index >= 15 is 0 Å². The van der Waals surface area contributed by atoms with Crippen LogP contribution in [-0.2, 0) is 9.59 Å². The molecule has 0 rings (SSSR count). The number of carbonyl (C=O) groups is 2. The molecule has 0 aliphatic heterocycles. The molecule has 0 spiro atoms. The molecule has 0 saturated carbocycles. The third-order valence-electron chi connectivity index (χ3n) is 7.46. The first-order chi connectivity index (χ1) is 19.5. The Morgan fingerprint density at radius 1 is 0.390 bits per heavy atom. The van der Waals surface area contributed by atoms with Crippen LogP contribution in [0, 0.1) is 0 Å². The molecular formula is C36H66CaO4. The van der Waals surface area contributed by atoms with Gasteiger partial charge in [0.05, 0.1) is 11.9 Å². The molecule has 0 unspecified atom stereocenters. The van der Waals surface area contributed by atoms with E-state index in [1.807, 2.05) is 0 Å². The van der Waals surface area contributed by atoms with Crippen molar-refractivity contribution in [3.63, 3.8) is 0 Å². The number of carbonyl (C=O) groups excluding carboxylic acids is 2. The van der Waals surface area contributed by atoms with Crippen LogP contribution in [0.1, 0.15) is 194 Å². The molecule has 0 N–H and O–H groups in total. The smallest absolute Gasteiger partial charge is 0.545 e. The maximum atomic E-state index is 10.1. The van der Waals surface area contributed by atoms with Gasteiger partial charge in [-0.1, -0.05) is 180 Å². The van der Waals surface area contributed by atoms with E-state index in [0.29, 0.717) is 0 Å². The Hall–Kier alpha value is -0.320. The van der Waals surface area contributed by atoms with Gasteiger partial charge in [0.15, 0.2) is 0 Å². The molecule has 0 radical (unpaired) electrons. The molecule has 41 heavy (non-hydrogen) atoms. The zero-order valence-electron chi connectivity index (χ0n) is 27.4. The van der Waals surface area contributed by atoms with Gasteiger partial charge in [0.1, 0.15) is 0 Å². The van der Waals surface area contributed by atoms with Gasteiger partial charge in [-0.25, -0.2) is 0 Å². The third kappa shape index (κ3) is 49.7. The Morgan fingerprint density at radius 3 is 0.780 bits per heavy atom. The number of carboxylic acids is 2. The van der Waals surface area contributed by atoms with Crippen LogP contribution in [0.2, 0.25) is 0 Å². The molecular weight excluding hydrogens is 536 g/mol. The first-order valence-electron chi connectivity index (χ1n) is 17.3. The van der Waals surface area contributed by atoms with Crippen molar-refractivity contribution in [2.45, 2.75) is 194 Å². The minimum Gasteiger partial charge on any atom is -0.545 e. The van der Waals surface area contributed by atoms with Gasteiger partial charge in [0.25, 0.3) is 0 Å². The van der Waals surface area contributed by atoms with Gasteiger partial charge >= 0.3 is 37.7 Å². The summed E-state index contributed by atoms with van der Waals surface area (Å²) in [5, 5.41) is 20.3. The van der Waals surface area contributed by atoms with Gasteiger partial charge < -0.3 is 19.8 Å². The Labute approximate surface area is 285 Å². The number of aliphatic carboxylic acids is 2. The first-order valence-corrected chi connectivity index (χ1v) is 17.3. The minimum absolute atomic E-state index is 0. The van der Waals surface area contributed by atoms with Crippen LogP contribution in [0.15, 0.2) is 24.3 Å². The minimum atomic E-state index is -1.08. The van der Waals surface area contributed by atoms with Crippen LogP contribution in [0.5, 0.6) is 0 Å². The Kier molecular flexibility index (Phi) is 46.0. The molecule has 0 aromatic heterocycles. The summed E-state index contributed by atoms with van der Waals surface area (Å²) in [6.07, 6.45) is 42.4. The predicted molar refractivity (Wildman–Crippen MR) is 175 cm³/mol. The van der Waals surface area contributed by atoms with Crippen LogP contribution in [0.3, 0.4) is 0 Å². The number of hydrogen-bond donors (Lipinski definition) is 0. The second-order valence-electron chi connectivity index (χ2n) is 11.5. The Morgan fingerprint density at radius 2 is 0.585 bits per heavy atom. The van der Waals surface area contributed by atoms with Crippen molar-refractivity contribution in [2.24, 2.45) is 0 Å². The van der Waals surface area contributed by atoms with Crippen molar-refractivity contribution < 1.29 is 19.8 Å². The second-order valence-corrected chi connectivity index (χ2v) is 11.5. The largest absolute Gasteiger partial charge is 2.00 e. The van der Waals surface area contributed by atoms with E-state index in [1.165, 1.54) is 154 Å². The summed E-state index contributed by atoms with van der Waals surface area (Å²) < 4.78 is 0. The van der Waals surface area contributed by atoms with Crippen molar-refractivity contribution >= 4 is 49.7 Å². The van der Waals surface area contributed by atoms with Crippen LogP contribution in [-0.4, -0.2) is 49.7 Å². The summed E-state index contributed by atoms with van der Waals surface area (Å²) in [7, 11) is 0. The van der Waals surface area contributed by atoms with E-state index in [4.69, 9.17) is 0 Å². The Balaban J connectivity index is -0.000000688. The average Bonchev–Trinajstić information content (AvgIpc) is 2.93.